The van der Waals surface area contributed by atoms with Crippen LogP contribution in [0.3, 0.4) is 0 Å². The molecule has 3 fully saturated rings. The van der Waals surface area contributed by atoms with Gasteiger partial charge in [-0.15, -0.1) is 0 Å². The van der Waals surface area contributed by atoms with Crippen molar-refractivity contribution in [3.05, 3.63) is 52.7 Å². The van der Waals surface area contributed by atoms with Gasteiger partial charge in [0.25, 0.3) is 5.91 Å². The minimum Gasteiger partial charge on any atom is -0.350 e. The quantitative estimate of drug-likeness (QED) is 0.634. The third-order valence-corrected chi connectivity index (χ3v) is 6.59. The third kappa shape index (κ3) is 3.47. The highest BCUT2D eigenvalue weighted by Gasteiger charge is 2.42. The average Bonchev–Trinajstić information content (AvgIpc) is 3.02. The van der Waals surface area contributed by atoms with E-state index in [1.807, 2.05) is 27.7 Å². The third-order valence-electron chi connectivity index (χ3n) is 6.59. The number of aromatic nitrogens is 4. The van der Waals surface area contributed by atoms with E-state index in [2.05, 4.69) is 30.7 Å². The summed E-state index contributed by atoms with van der Waals surface area (Å²) in [5.74, 6) is 0.932. The molecule has 3 saturated heterocycles. The molecule has 3 aliphatic heterocycles. The number of piperidine rings is 2. The van der Waals surface area contributed by atoms with Crippen molar-refractivity contribution in [3.8, 4) is 0 Å². The molecule has 8 nitrogen and oxygen atoms in total. The summed E-state index contributed by atoms with van der Waals surface area (Å²) in [7, 11) is 1.79. The molecule has 0 spiro atoms. The molecule has 0 saturated carbocycles. The van der Waals surface area contributed by atoms with Gasteiger partial charge in [0.05, 0.1) is 11.1 Å². The second-order valence-electron chi connectivity index (χ2n) is 10.2. The highest BCUT2D eigenvalue weighted by molar-refractivity contribution is 5.94. The van der Waals surface area contributed by atoms with Crippen molar-refractivity contribution in [2.75, 3.05) is 18.0 Å². The van der Waals surface area contributed by atoms with Crippen LogP contribution in [0, 0.1) is 5.41 Å². The first-order valence-corrected chi connectivity index (χ1v) is 11.3. The number of carbonyl (C=O) groups excluding carboxylic acids is 1. The molecule has 1 amide bonds. The first kappa shape index (κ1) is 20.7. The number of hydrogen-bond donors (Lipinski definition) is 0. The SMILES string of the molecule is Cn1c(=O)n(CC(C)(C)C)c2ccc(N3CC4CCC3CN4C(=O)c3cccnc3)nc21. The van der Waals surface area contributed by atoms with E-state index in [0.29, 0.717) is 24.3 Å². The number of carbonyl (C=O) groups is 1. The molecule has 3 aliphatic rings. The Hall–Kier alpha value is -3.16. The molecule has 6 heterocycles. The Morgan fingerprint density at radius 2 is 1.91 bits per heavy atom. The molecule has 0 N–H and O–H groups in total. The van der Waals surface area contributed by atoms with E-state index >= 15 is 0 Å². The maximum absolute atomic E-state index is 13.0. The van der Waals surface area contributed by atoms with Crippen LogP contribution in [0.15, 0.2) is 41.5 Å². The number of imidazole rings is 1. The van der Waals surface area contributed by atoms with Gasteiger partial charge in [-0.05, 0) is 42.5 Å². The zero-order chi connectivity index (χ0) is 22.6. The van der Waals surface area contributed by atoms with E-state index in [9.17, 15) is 9.59 Å². The molecule has 2 atom stereocenters. The van der Waals surface area contributed by atoms with Crippen LogP contribution in [-0.2, 0) is 13.6 Å². The molecule has 3 aromatic heterocycles. The van der Waals surface area contributed by atoms with Gasteiger partial charge in [-0.1, -0.05) is 20.8 Å². The van der Waals surface area contributed by atoms with Gasteiger partial charge in [-0.2, -0.15) is 0 Å². The fourth-order valence-electron chi connectivity index (χ4n) is 5.06. The number of anilines is 1. The van der Waals surface area contributed by atoms with Crippen LogP contribution in [-0.4, -0.2) is 55.1 Å². The average molecular weight is 435 g/mol. The second kappa shape index (κ2) is 7.46. The van der Waals surface area contributed by atoms with Crippen LogP contribution in [0.2, 0.25) is 0 Å². The maximum atomic E-state index is 13.0. The van der Waals surface area contributed by atoms with Crippen molar-refractivity contribution in [2.45, 2.75) is 52.2 Å². The van der Waals surface area contributed by atoms with Crippen molar-refractivity contribution in [1.82, 2.24) is 24.0 Å². The number of nitrogens with zero attached hydrogens (tertiary/aromatic N) is 6. The minimum atomic E-state index is -0.0343. The number of fused-ring (bicyclic) bond motifs is 4. The summed E-state index contributed by atoms with van der Waals surface area (Å²) in [6.45, 7) is 8.47. The van der Waals surface area contributed by atoms with Gasteiger partial charge in [0, 0.05) is 51.2 Å². The van der Waals surface area contributed by atoms with Crippen molar-refractivity contribution in [1.29, 1.82) is 0 Å². The van der Waals surface area contributed by atoms with E-state index in [4.69, 9.17) is 4.98 Å². The predicted octanol–water partition coefficient (Wildman–Crippen LogP) is 2.67. The number of rotatable bonds is 3. The zero-order valence-electron chi connectivity index (χ0n) is 19.2. The van der Waals surface area contributed by atoms with Crippen molar-refractivity contribution in [2.24, 2.45) is 12.5 Å². The van der Waals surface area contributed by atoms with Crippen molar-refractivity contribution < 1.29 is 4.79 Å². The van der Waals surface area contributed by atoms with E-state index in [-0.39, 0.29) is 29.1 Å². The van der Waals surface area contributed by atoms with Gasteiger partial charge in [-0.25, -0.2) is 9.78 Å². The standard InChI is InChI=1S/C24H30N6O2/c1-24(2,3)15-30-19-9-10-20(26-21(19)27(4)23(30)32)28-13-18-8-7-17(28)14-29(18)22(31)16-6-5-11-25-12-16/h5-6,9-12,17-18H,7-8,13-15H2,1-4H3. The molecule has 2 unspecified atom stereocenters. The number of amides is 1. The molecule has 3 aromatic rings. The Morgan fingerprint density at radius 1 is 1.12 bits per heavy atom. The molecule has 0 radical (unpaired) electrons. The van der Waals surface area contributed by atoms with Crippen molar-refractivity contribution >= 4 is 22.9 Å². The summed E-state index contributed by atoms with van der Waals surface area (Å²) in [6, 6.07) is 8.05. The molecule has 2 bridgehead atoms. The highest BCUT2D eigenvalue weighted by Crippen LogP contribution is 2.33. The predicted molar refractivity (Wildman–Crippen MR) is 124 cm³/mol. The van der Waals surface area contributed by atoms with Crippen LogP contribution in [0.25, 0.3) is 11.2 Å². The smallest absolute Gasteiger partial charge is 0.330 e. The number of hydrogen-bond acceptors (Lipinski definition) is 5. The Bertz CT molecular complexity index is 1220. The van der Waals surface area contributed by atoms with Gasteiger partial charge < -0.3 is 9.80 Å². The van der Waals surface area contributed by atoms with Crippen LogP contribution >= 0.6 is 0 Å². The van der Waals surface area contributed by atoms with Crippen LogP contribution in [0.4, 0.5) is 5.82 Å². The molecule has 6 rings (SSSR count). The second-order valence-corrected chi connectivity index (χ2v) is 10.2. The summed E-state index contributed by atoms with van der Waals surface area (Å²) < 4.78 is 3.47. The van der Waals surface area contributed by atoms with Gasteiger partial charge in [0.15, 0.2) is 5.65 Å². The summed E-state index contributed by atoms with van der Waals surface area (Å²) in [5, 5.41) is 0. The Morgan fingerprint density at radius 3 is 2.56 bits per heavy atom. The van der Waals surface area contributed by atoms with Crippen LogP contribution in [0.5, 0.6) is 0 Å². The maximum Gasteiger partial charge on any atom is 0.330 e. The largest absolute Gasteiger partial charge is 0.350 e. The van der Waals surface area contributed by atoms with Gasteiger partial charge in [0.1, 0.15) is 5.82 Å². The molecular weight excluding hydrogens is 404 g/mol. The Kier molecular flexibility index (Phi) is 4.83. The van der Waals surface area contributed by atoms with Crippen LogP contribution in [0.1, 0.15) is 44.0 Å². The van der Waals surface area contributed by atoms with Crippen molar-refractivity contribution in [3.63, 3.8) is 0 Å². The molecule has 8 heteroatoms. The first-order chi connectivity index (χ1) is 15.2. The van der Waals surface area contributed by atoms with Gasteiger partial charge in [-0.3, -0.25) is 18.9 Å². The molecule has 32 heavy (non-hydrogen) atoms. The normalized spacial score (nSPS) is 20.9. The van der Waals surface area contributed by atoms with Crippen LogP contribution < -0.4 is 10.6 Å². The highest BCUT2D eigenvalue weighted by atomic mass is 16.2. The number of piperazine rings is 1. The molecular formula is C24H30N6O2. The summed E-state index contributed by atoms with van der Waals surface area (Å²) in [6.07, 6.45) is 5.35. The molecule has 0 aliphatic carbocycles. The molecule has 0 aromatic carbocycles. The number of aryl methyl sites for hydroxylation is 1. The summed E-state index contributed by atoms with van der Waals surface area (Å²) >= 11 is 0. The fourth-order valence-corrected chi connectivity index (χ4v) is 5.06. The lowest BCUT2D eigenvalue weighted by molar-refractivity contribution is 0.0504. The Balaban J connectivity index is 1.43. The molecule has 168 valence electrons. The Labute approximate surface area is 187 Å². The van der Waals surface area contributed by atoms with E-state index in [0.717, 1.165) is 30.7 Å². The van der Waals surface area contributed by atoms with Gasteiger partial charge >= 0.3 is 5.69 Å². The van der Waals surface area contributed by atoms with E-state index in [1.54, 1.807) is 30.1 Å². The van der Waals surface area contributed by atoms with Gasteiger partial charge in [0.2, 0.25) is 0 Å². The zero-order valence-corrected chi connectivity index (χ0v) is 19.2. The lowest BCUT2D eigenvalue weighted by Crippen LogP contribution is -2.64. The minimum absolute atomic E-state index is 0.00687. The van der Waals surface area contributed by atoms with E-state index < -0.39 is 0 Å². The lowest BCUT2D eigenvalue weighted by atomic mass is 9.90. The lowest BCUT2D eigenvalue weighted by Gasteiger charge is -2.52. The topological polar surface area (TPSA) is 76.3 Å². The summed E-state index contributed by atoms with van der Waals surface area (Å²) in [5.41, 5.74) is 2.18. The van der Waals surface area contributed by atoms with E-state index in [1.165, 1.54) is 0 Å². The number of pyridine rings is 2. The fraction of sp³-hybridized carbons (Fsp3) is 0.500. The monoisotopic (exact) mass is 434 g/mol. The first-order valence-electron chi connectivity index (χ1n) is 11.3. The summed E-state index contributed by atoms with van der Waals surface area (Å²) in [4.78, 5) is 39.2.